The summed E-state index contributed by atoms with van der Waals surface area (Å²) in [7, 11) is 0. The molecule has 2 rings (SSSR count). The van der Waals surface area contributed by atoms with Gasteiger partial charge in [0.15, 0.2) is 0 Å². The molecule has 18 heavy (non-hydrogen) atoms. The number of hydrogen-bond acceptors (Lipinski definition) is 2. The van der Waals surface area contributed by atoms with Crippen molar-refractivity contribution in [3.63, 3.8) is 0 Å². The fourth-order valence-electron chi connectivity index (χ4n) is 3.75. The van der Waals surface area contributed by atoms with E-state index < -0.39 is 0 Å². The van der Waals surface area contributed by atoms with E-state index in [1.54, 1.807) is 0 Å². The van der Waals surface area contributed by atoms with Crippen LogP contribution in [0.15, 0.2) is 0 Å². The van der Waals surface area contributed by atoms with Gasteiger partial charge in [-0.15, -0.1) is 0 Å². The highest BCUT2D eigenvalue weighted by molar-refractivity contribution is 4.90. The number of nitrogens with zero attached hydrogens (tertiary/aromatic N) is 1. The smallest absolute Gasteiger partial charge is 0.0251 e. The Kier molecular flexibility index (Phi) is 5.97. The van der Waals surface area contributed by atoms with E-state index in [0.29, 0.717) is 0 Å². The van der Waals surface area contributed by atoms with Gasteiger partial charge in [-0.1, -0.05) is 26.7 Å². The Labute approximate surface area is 114 Å². The molecule has 0 aromatic rings. The Morgan fingerprint density at radius 2 is 1.78 bits per heavy atom. The van der Waals surface area contributed by atoms with Crippen LogP contribution in [-0.4, -0.2) is 36.6 Å². The van der Waals surface area contributed by atoms with E-state index in [1.807, 2.05) is 0 Å². The Bertz CT molecular complexity index is 219. The predicted molar refractivity (Wildman–Crippen MR) is 78.9 cm³/mol. The van der Waals surface area contributed by atoms with Crippen LogP contribution in [0.4, 0.5) is 0 Å². The average Bonchev–Trinajstić information content (AvgIpc) is 2.66. The van der Waals surface area contributed by atoms with Crippen molar-refractivity contribution in [2.24, 2.45) is 5.92 Å². The van der Waals surface area contributed by atoms with Crippen molar-refractivity contribution in [3.05, 3.63) is 0 Å². The van der Waals surface area contributed by atoms with Crippen LogP contribution in [0.3, 0.4) is 0 Å². The van der Waals surface area contributed by atoms with Crippen LogP contribution in [0.5, 0.6) is 0 Å². The van der Waals surface area contributed by atoms with Crippen molar-refractivity contribution in [1.82, 2.24) is 10.2 Å². The van der Waals surface area contributed by atoms with Crippen molar-refractivity contribution >= 4 is 0 Å². The first kappa shape index (κ1) is 14.3. The molecule has 0 spiro atoms. The van der Waals surface area contributed by atoms with Gasteiger partial charge < -0.3 is 5.32 Å². The predicted octanol–water partition coefficient (Wildman–Crippen LogP) is 3.42. The van der Waals surface area contributed by atoms with Gasteiger partial charge >= 0.3 is 0 Å². The van der Waals surface area contributed by atoms with E-state index >= 15 is 0 Å². The second-order valence-corrected chi connectivity index (χ2v) is 6.50. The molecule has 1 aliphatic carbocycles. The zero-order valence-corrected chi connectivity index (χ0v) is 12.5. The molecular formula is C16H32N2. The fraction of sp³-hybridized carbons (Fsp3) is 1.00. The summed E-state index contributed by atoms with van der Waals surface area (Å²) >= 11 is 0. The lowest BCUT2D eigenvalue weighted by molar-refractivity contribution is 0.104. The molecule has 1 N–H and O–H groups in total. The Morgan fingerprint density at radius 1 is 1.06 bits per heavy atom. The van der Waals surface area contributed by atoms with E-state index in [2.05, 4.69) is 24.1 Å². The number of nitrogens with one attached hydrogen (secondary N) is 1. The van der Waals surface area contributed by atoms with Crippen LogP contribution >= 0.6 is 0 Å². The maximum Gasteiger partial charge on any atom is 0.0251 e. The summed E-state index contributed by atoms with van der Waals surface area (Å²) in [6.07, 6.45) is 11.2. The van der Waals surface area contributed by atoms with E-state index in [1.165, 1.54) is 71.0 Å². The molecule has 2 heteroatoms. The molecule has 2 aliphatic rings. The first-order valence-electron chi connectivity index (χ1n) is 8.28. The zero-order valence-electron chi connectivity index (χ0n) is 12.5. The van der Waals surface area contributed by atoms with Gasteiger partial charge in [0.2, 0.25) is 0 Å². The molecule has 1 saturated carbocycles. The molecule has 106 valence electrons. The van der Waals surface area contributed by atoms with Gasteiger partial charge in [0.1, 0.15) is 0 Å². The average molecular weight is 252 g/mol. The van der Waals surface area contributed by atoms with Crippen molar-refractivity contribution in [1.29, 1.82) is 0 Å². The first-order valence-corrected chi connectivity index (χ1v) is 8.28. The molecule has 0 amide bonds. The Balaban J connectivity index is 1.94. The van der Waals surface area contributed by atoms with Gasteiger partial charge in [-0.2, -0.15) is 0 Å². The van der Waals surface area contributed by atoms with Crippen molar-refractivity contribution in [2.75, 3.05) is 19.6 Å². The molecule has 1 aliphatic heterocycles. The molecule has 3 unspecified atom stereocenters. The summed E-state index contributed by atoms with van der Waals surface area (Å²) in [5.41, 5.74) is 0. The van der Waals surface area contributed by atoms with Gasteiger partial charge in [0, 0.05) is 12.1 Å². The van der Waals surface area contributed by atoms with Crippen LogP contribution in [0.1, 0.15) is 65.2 Å². The topological polar surface area (TPSA) is 15.3 Å². The third-order valence-corrected chi connectivity index (χ3v) is 4.84. The van der Waals surface area contributed by atoms with Crippen LogP contribution in [0.25, 0.3) is 0 Å². The minimum atomic E-state index is 0.763. The summed E-state index contributed by atoms with van der Waals surface area (Å²) < 4.78 is 0. The number of likely N-dealkylation sites (tertiary alicyclic amines) is 1. The quantitative estimate of drug-likeness (QED) is 0.825. The minimum Gasteiger partial charge on any atom is -0.312 e. The maximum atomic E-state index is 3.82. The highest BCUT2D eigenvalue weighted by Gasteiger charge is 2.32. The molecule has 0 radical (unpaired) electrons. The van der Waals surface area contributed by atoms with Crippen LogP contribution in [-0.2, 0) is 0 Å². The lowest BCUT2D eigenvalue weighted by Gasteiger charge is -2.42. The molecule has 0 aromatic heterocycles. The van der Waals surface area contributed by atoms with Gasteiger partial charge in [-0.3, -0.25) is 4.90 Å². The normalized spacial score (nSPS) is 35.3. The number of hydrogen-bond donors (Lipinski definition) is 1. The lowest BCUT2D eigenvalue weighted by atomic mass is 9.82. The Hall–Kier alpha value is -0.0800. The van der Waals surface area contributed by atoms with E-state index in [9.17, 15) is 0 Å². The first-order chi connectivity index (χ1) is 8.81. The molecule has 1 heterocycles. The summed E-state index contributed by atoms with van der Waals surface area (Å²) in [5.74, 6) is 0.929. The fourth-order valence-corrected chi connectivity index (χ4v) is 3.75. The zero-order chi connectivity index (χ0) is 12.8. The third-order valence-electron chi connectivity index (χ3n) is 4.84. The van der Waals surface area contributed by atoms with Crippen LogP contribution in [0, 0.1) is 5.92 Å². The minimum absolute atomic E-state index is 0.763. The standard InChI is InChI=1S/C16H32N2/c1-3-10-17-15-9-8-14(2)13-16(15)18-11-6-4-5-7-12-18/h14-17H,3-13H2,1-2H3. The summed E-state index contributed by atoms with van der Waals surface area (Å²) in [4.78, 5) is 2.82. The third kappa shape index (κ3) is 3.96. The highest BCUT2D eigenvalue weighted by Crippen LogP contribution is 2.29. The second kappa shape index (κ2) is 7.49. The Morgan fingerprint density at radius 3 is 2.44 bits per heavy atom. The van der Waals surface area contributed by atoms with Crippen molar-refractivity contribution in [3.8, 4) is 0 Å². The number of rotatable bonds is 4. The van der Waals surface area contributed by atoms with Crippen molar-refractivity contribution < 1.29 is 0 Å². The SMILES string of the molecule is CCCNC1CCC(C)CC1N1CCCCCC1. The summed E-state index contributed by atoms with van der Waals surface area (Å²) in [6.45, 7) is 8.62. The van der Waals surface area contributed by atoms with Gasteiger partial charge in [0.25, 0.3) is 0 Å². The largest absolute Gasteiger partial charge is 0.312 e. The van der Waals surface area contributed by atoms with E-state index in [-0.39, 0.29) is 0 Å². The van der Waals surface area contributed by atoms with Gasteiger partial charge in [0.05, 0.1) is 0 Å². The molecule has 3 atom stereocenters. The molecule has 2 nitrogen and oxygen atoms in total. The van der Waals surface area contributed by atoms with Gasteiger partial charge in [-0.25, -0.2) is 0 Å². The van der Waals surface area contributed by atoms with E-state index in [4.69, 9.17) is 0 Å². The summed E-state index contributed by atoms with van der Waals surface area (Å²) in [5, 5.41) is 3.82. The molecule has 0 bridgehead atoms. The monoisotopic (exact) mass is 252 g/mol. The van der Waals surface area contributed by atoms with Crippen LogP contribution < -0.4 is 5.32 Å². The molecule has 2 fully saturated rings. The summed E-state index contributed by atoms with van der Waals surface area (Å²) in [6, 6.07) is 1.58. The van der Waals surface area contributed by atoms with Crippen molar-refractivity contribution in [2.45, 2.75) is 77.3 Å². The molecule has 0 aromatic carbocycles. The lowest BCUT2D eigenvalue weighted by Crippen LogP contribution is -2.53. The maximum absolute atomic E-state index is 3.82. The second-order valence-electron chi connectivity index (χ2n) is 6.50. The highest BCUT2D eigenvalue weighted by atomic mass is 15.2. The van der Waals surface area contributed by atoms with Crippen LogP contribution in [0.2, 0.25) is 0 Å². The van der Waals surface area contributed by atoms with Gasteiger partial charge in [-0.05, 0) is 64.1 Å². The molecular weight excluding hydrogens is 220 g/mol. The molecule has 1 saturated heterocycles. The van der Waals surface area contributed by atoms with E-state index in [0.717, 1.165) is 18.0 Å².